The Morgan fingerprint density at radius 2 is 1.88 bits per heavy atom. The van der Waals surface area contributed by atoms with Crippen molar-refractivity contribution in [2.75, 3.05) is 25.0 Å². The summed E-state index contributed by atoms with van der Waals surface area (Å²) < 4.78 is 39.9. The molecule has 0 aliphatic carbocycles. The van der Waals surface area contributed by atoms with Gasteiger partial charge in [0, 0.05) is 24.3 Å². The molecule has 0 amide bonds. The predicted molar refractivity (Wildman–Crippen MR) is 93.1 cm³/mol. The molecule has 3 heterocycles. The number of nitrogens with zero attached hydrogens (tertiary/aromatic N) is 5. The molecule has 1 aliphatic heterocycles. The molecule has 1 fully saturated rings. The summed E-state index contributed by atoms with van der Waals surface area (Å²) >= 11 is 0. The van der Waals surface area contributed by atoms with Crippen molar-refractivity contribution >= 4 is 11.6 Å². The molecule has 0 unspecified atom stereocenters. The largest absolute Gasteiger partial charge is 0.453 e. The molecule has 0 spiro atoms. The van der Waals surface area contributed by atoms with Crippen LogP contribution in [-0.2, 0) is 6.18 Å². The zero-order valence-electron chi connectivity index (χ0n) is 15.3. The van der Waals surface area contributed by atoms with Crippen LogP contribution in [0.3, 0.4) is 0 Å². The van der Waals surface area contributed by atoms with Crippen LogP contribution < -0.4 is 5.32 Å². The van der Waals surface area contributed by atoms with Crippen LogP contribution >= 0.6 is 0 Å². The molecule has 0 bridgehead atoms. The Kier molecular flexibility index (Phi) is 5.36. The lowest BCUT2D eigenvalue weighted by Gasteiger charge is -2.29. The fourth-order valence-corrected chi connectivity index (χ4v) is 3.47. The highest BCUT2D eigenvalue weighted by Crippen LogP contribution is 2.27. The quantitative estimate of drug-likeness (QED) is 0.845. The molecule has 0 saturated carbocycles. The monoisotopic (exact) mass is 370 g/mol. The van der Waals surface area contributed by atoms with Crippen molar-refractivity contribution in [3.63, 3.8) is 0 Å². The molecule has 2 aromatic rings. The summed E-state index contributed by atoms with van der Waals surface area (Å²) in [5, 5.41) is 6.89. The predicted octanol–water partition coefficient (Wildman–Crippen LogP) is 3.37. The second kappa shape index (κ2) is 7.38. The first-order valence-corrected chi connectivity index (χ1v) is 9.03. The van der Waals surface area contributed by atoms with E-state index in [2.05, 4.69) is 39.1 Å². The minimum Gasteiger partial charge on any atom is -0.368 e. The zero-order valence-corrected chi connectivity index (χ0v) is 15.3. The third-order valence-corrected chi connectivity index (χ3v) is 4.61. The van der Waals surface area contributed by atoms with Gasteiger partial charge in [-0.15, -0.1) is 5.10 Å². The maximum atomic E-state index is 12.9. The minimum atomic E-state index is -4.59. The molecule has 3 rings (SSSR count). The van der Waals surface area contributed by atoms with Crippen LogP contribution in [-0.4, -0.2) is 50.2 Å². The molecule has 9 heteroatoms. The van der Waals surface area contributed by atoms with E-state index >= 15 is 0 Å². The Morgan fingerprint density at radius 1 is 1.19 bits per heavy atom. The summed E-state index contributed by atoms with van der Waals surface area (Å²) in [5.74, 6) is -0.174. The van der Waals surface area contributed by atoms with Gasteiger partial charge in [0.15, 0.2) is 0 Å². The van der Waals surface area contributed by atoms with Gasteiger partial charge in [-0.25, -0.2) is 4.98 Å². The van der Waals surface area contributed by atoms with Crippen LogP contribution in [0.1, 0.15) is 44.6 Å². The topological polar surface area (TPSA) is 58.4 Å². The van der Waals surface area contributed by atoms with E-state index in [1.807, 2.05) is 0 Å². The third-order valence-electron chi connectivity index (χ3n) is 4.61. The van der Waals surface area contributed by atoms with Crippen LogP contribution in [0.2, 0.25) is 0 Å². The SMILES string of the molecule is Cc1cc(NC[C@H](CC(C)C)N2CCCC2)n2nc(C(F)(F)F)nc2n1. The highest BCUT2D eigenvalue weighted by molar-refractivity contribution is 5.45. The van der Waals surface area contributed by atoms with Crippen molar-refractivity contribution in [2.24, 2.45) is 5.92 Å². The number of likely N-dealkylation sites (tertiary alicyclic amines) is 1. The first-order chi connectivity index (χ1) is 12.2. The second-order valence-corrected chi connectivity index (χ2v) is 7.34. The number of hydrogen-bond donors (Lipinski definition) is 1. The van der Waals surface area contributed by atoms with Gasteiger partial charge in [-0.1, -0.05) is 13.8 Å². The van der Waals surface area contributed by atoms with Gasteiger partial charge in [0.1, 0.15) is 5.82 Å². The molecule has 144 valence electrons. The summed E-state index contributed by atoms with van der Waals surface area (Å²) in [7, 11) is 0. The lowest BCUT2D eigenvalue weighted by atomic mass is 10.0. The van der Waals surface area contributed by atoms with Crippen LogP contribution in [0, 0.1) is 12.8 Å². The van der Waals surface area contributed by atoms with Crippen LogP contribution in [0.5, 0.6) is 0 Å². The number of aryl methyl sites for hydroxylation is 1. The summed E-state index contributed by atoms with van der Waals surface area (Å²) in [6, 6.07) is 2.05. The van der Waals surface area contributed by atoms with E-state index in [0.717, 1.165) is 24.0 Å². The van der Waals surface area contributed by atoms with Crippen molar-refractivity contribution in [3.05, 3.63) is 17.6 Å². The van der Waals surface area contributed by atoms with Crippen LogP contribution in [0.15, 0.2) is 6.07 Å². The first-order valence-electron chi connectivity index (χ1n) is 9.03. The number of nitrogens with one attached hydrogen (secondary N) is 1. The number of fused-ring (bicyclic) bond motifs is 1. The van der Waals surface area contributed by atoms with Crippen LogP contribution in [0.25, 0.3) is 5.78 Å². The van der Waals surface area contributed by atoms with E-state index in [1.165, 1.54) is 12.8 Å². The molecule has 6 nitrogen and oxygen atoms in total. The van der Waals surface area contributed by atoms with Gasteiger partial charge in [-0.05, 0) is 45.2 Å². The fourth-order valence-electron chi connectivity index (χ4n) is 3.47. The maximum absolute atomic E-state index is 12.9. The zero-order chi connectivity index (χ0) is 18.9. The van der Waals surface area contributed by atoms with Gasteiger partial charge in [-0.2, -0.15) is 22.7 Å². The molecule has 1 N–H and O–H groups in total. The van der Waals surface area contributed by atoms with Gasteiger partial charge < -0.3 is 5.32 Å². The average Bonchev–Trinajstić information content (AvgIpc) is 3.19. The number of aromatic nitrogens is 4. The molecule has 2 aromatic heterocycles. The van der Waals surface area contributed by atoms with Gasteiger partial charge in [0.2, 0.25) is 0 Å². The van der Waals surface area contributed by atoms with E-state index < -0.39 is 12.0 Å². The van der Waals surface area contributed by atoms with Crippen LogP contribution in [0.4, 0.5) is 19.0 Å². The minimum absolute atomic E-state index is 0.0404. The third kappa shape index (κ3) is 4.25. The highest BCUT2D eigenvalue weighted by atomic mass is 19.4. The van der Waals surface area contributed by atoms with E-state index in [0.29, 0.717) is 30.0 Å². The lowest BCUT2D eigenvalue weighted by molar-refractivity contribution is -0.144. The van der Waals surface area contributed by atoms with Crippen molar-refractivity contribution in [3.8, 4) is 0 Å². The average molecular weight is 370 g/mol. The molecule has 26 heavy (non-hydrogen) atoms. The molecule has 1 atom stereocenters. The Balaban J connectivity index is 1.83. The van der Waals surface area contributed by atoms with E-state index in [-0.39, 0.29) is 5.78 Å². The fraction of sp³-hybridized carbons (Fsp3) is 0.706. The molecule has 1 saturated heterocycles. The second-order valence-electron chi connectivity index (χ2n) is 7.34. The van der Waals surface area contributed by atoms with Crippen molar-refractivity contribution in [2.45, 2.75) is 52.3 Å². The molecule has 0 radical (unpaired) electrons. The normalized spacial score (nSPS) is 17.3. The summed E-state index contributed by atoms with van der Waals surface area (Å²) in [5.41, 5.74) is 0.600. The van der Waals surface area contributed by atoms with E-state index in [4.69, 9.17) is 0 Å². The Labute approximate surface area is 150 Å². The van der Waals surface area contributed by atoms with E-state index in [9.17, 15) is 13.2 Å². The Hall–Kier alpha value is -1.90. The van der Waals surface area contributed by atoms with E-state index in [1.54, 1.807) is 13.0 Å². The van der Waals surface area contributed by atoms with Crippen molar-refractivity contribution in [1.29, 1.82) is 0 Å². The number of alkyl halides is 3. The Bertz CT molecular complexity index is 749. The summed E-state index contributed by atoms with van der Waals surface area (Å²) in [6.45, 7) is 8.91. The maximum Gasteiger partial charge on any atom is 0.453 e. The summed E-state index contributed by atoms with van der Waals surface area (Å²) in [4.78, 5) is 10.0. The molecule has 0 aromatic carbocycles. The highest BCUT2D eigenvalue weighted by Gasteiger charge is 2.37. The summed E-state index contributed by atoms with van der Waals surface area (Å²) in [6.07, 6.45) is -1.16. The smallest absolute Gasteiger partial charge is 0.368 e. The number of anilines is 1. The first kappa shape index (κ1) is 18.9. The molecular formula is C17H25F3N6. The lowest BCUT2D eigenvalue weighted by Crippen LogP contribution is -2.39. The Morgan fingerprint density at radius 3 is 2.50 bits per heavy atom. The standard InChI is InChI=1S/C17H25F3N6/c1-11(2)8-13(25-6-4-5-7-25)10-21-14-9-12(3)22-16-23-15(17(18,19)20)24-26(14)16/h9,11,13,21H,4-8,10H2,1-3H3/t13-/m0/s1. The van der Waals surface area contributed by atoms with Gasteiger partial charge in [0.05, 0.1) is 0 Å². The van der Waals surface area contributed by atoms with Gasteiger partial charge >= 0.3 is 6.18 Å². The number of halogens is 3. The van der Waals surface area contributed by atoms with Gasteiger partial charge in [-0.3, -0.25) is 4.90 Å². The molecular weight excluding hydrogens is 345 g/mol. The molecule has 1 aliphatic rings. The number of hydrogen-bond acceptors (Lipinski definition) is 5. The van der Waals surface area contributed by atoms with Crippen molar-refractivity contribution in [1.82, 2.24) is 24.5 Å². The van der Waals surface area contributed by atoms with Crippen molar-refractivity contribution < 1.29 is 13.2 Å². The number of rotatable bonds is 6. The van der Waals surface area contributed by atoms with Gasteiger partial charge in [0.25, 0.3) is 11.6 Å².